The van der Waals surface area contributed by atoms with E-state index in [1.165, 1.54) is 17.8 Å². The maximum atomic E-state index is 14.0. The largest absolute Gasteiger partial charge is 0.298 e. The zero-order valence-electron chi connectivity index (χ0n) is 16.6. The minimum atomic E-state index is -0.570. The summed E-state index contributed by atoms with van der Waals surface area (Å²) in [6, 6.07) is 19.8. The van der Waals surface area contributed by atoms with Gasteiger partial charge in [-0.1, -0.05) is 54.2 Å². The number of nitrogens with zero attached hydrogens (tertiary/aromatic N) is 4. The Kier molecular flexibility index (Phi) is 4.99. The van der Waals surface area contributed by atoms with E-state index < -0.39 is 6.17 Å². The number of nitrogens with one attached hydrogen (secondary N) is 1. The molecule has 2 aromatic carbocycles. The van der Waals surface area contributed by atoms with Gasteiger partial charge in [0.25, 0.3) is 5.91 Å². The molecule has 0 unspecified atom stereocenters. The molecule has 5 rings (SSSR count). The molecule has 154 valence electrons. The summed E-state index contributed by atoms with van der Waals surface area (Å²) in [6.45, 7) is 1.91. The van der Waals surface area contributed by atoms with Crippen LogP contribution in [0, 0.1) is 12.7 Å². The SMILES string of the molecule is Cc1cccc([C@H]2N=c3ccccc3=C3C(=O)NC(SCc4ccccc4F)=NN32)n1. The predicted molar refractivity (Wildman–Crippen MR) is 117 cm³/mol. The number of fused-ring (bicyclic) bond motifs is 2. The minimum Gasteiger partial charge on any atom is -0.298 e. The Balaban J connectivity index is 1.57. The number of benzene rings is 2. The van der Waals surface area contributed by atoms with E-state index in [9.17, 15) is 9.18 Å². The van der Waals surface area contributed by atoms with Crippen LogP contribution in [0.5, 0.6) is 0 Å². The third-order valence-corrected chi connectivity index (χ3v) is 5.92. The number of amides is 1. The van der Waals surface area contributed by atoms with Gasteiger partial charge in [0.05, 0.1) is 11.1 Å². The lowest BCUT2D eigenvalue weighted by molar-refractivity contribution is -0.116. The maximum Gasteiger partial charge on any atom is 0.276 e. The molecule has 0 saturated carbocycles. The standard InChI is InChI=1S/C23H18FN5OS/c1-14-7-6-12-19(25-14)21-26-18-11-5-3-9-16(18)20-22(30)27-23(28-29(20)21)31-13-15-8-2-4-10-17(15)24/h2-12,21H,13H2,1H3,(H,27,28,30)/t21-/m0/s1. The van der Waals surface area contributed by atoms with Crippen molar-refractivity contribution in [1.29, 1.82) is 0 Å². The molecule has 2 aliphatic heterocycles. The van der Waals surface area contributed by atoms with E-state index in [0.29, 0.717) is 33.1 Å². The molecule has 1 amide bonds. The number of hydrazone groups is 1. The number of aromatic nitrogens is 1. The number of carbonyl (C=O) groups excluding carboxylic acids is 1. The van der Waals surface area contributed by atoms with Crippen molar-refractivity contribution in [2.24, 2.45) is 10.1 Å². The van der Waals surface area contributed by atoms with Gasteiger partial charge in [-0.3, -0.25) is 20.1 Å². The second-order valence-corrected chi connectivity index (χ2v) is 8.12. The van der Waals surface area contributed by atoms with Crippen LogP contribution in [0.15, 0.2) is 76.8 Å². The normalized spacial score (nSPS) is 17.3. The molecule has 1 aromatic heterocycles. The third kappa shape index (κ3) is 3.70. The number of pyridine rings is 1. The highest BCUT2D eigenvalue weighted by atomic mass is 32.2. The Bertz CT molecular complexity index is 1340. The molecule has 1 N–H and O–H groups in total. The molecule has 0 aliphatic carbocycles. The van der Waals surface area contributed by atoms with Crippen molar-refractivity contribution < 1.29 is 9.18 Å². The van der Waals surface area contributed by atoms with Crippen LogP contribution in [0.3, 0.4) is 0 Å². The van der Waals surface area contributed by atoms with Gasteiger partial charge in [-0.2, -0.15) is 0 Å². The Labute approximate surface area is 182 Å². The van der Waals surface area contributed by atoms with Crippen LogP contribution in [-0.2, 0) is 10.5 Å². The Morgan fingerprint density at radius 1 is 1.06 bits per heavy atom. The number of rotatable bonds is 3. The molecule has 0 radical (unpaired) electrons. The van der Waals surface area contributed by atoms with Crippen molar-refractivity contribution in [2.45, 2.75) is 18.8 Å². The molecule has 3 heterocycles. The lowest BCUT2D eigenvalue weighted by Gasteiger charge is -2.33. The lowest BCUT2D eigenvalue weighted by atomic mass is 10.1. The van der Waals surface area contributed by atoms with Crippen LogP contribution < -0.4 is 15.9 Å². The first-order chi connectivity index (χ1) is 15.1. The summed E-state index contributed by atoms with van der Waals surface area (Å²) in [4.78, 5) is 22.5. The van der Waals surface area contributed by atoms with Gasteiger partial charge in [-0.25, -0.2) is 9.40 Å². The van der Waals surface area contributed by atoms with Crippen molar-refractivity contribution in [3.8, 4) is 0 Å². The minimum absolute atomic E-state index is 0.272. The number of hydrogen-bond donors (Lipinski definition) is 1. The quantitative estimate of drug-likeness (QED) is 0.692. The lowest BCUT2D eigenvalue weighted by Crippen LogP contribution is -2.50. The molecule has 1 atom stereocenters. The number of hydrogen-bond acceptors (Lipinski definition) is 6. The van der Waals surface area contributed by atoms with Crippen LogP contribution in [0.4, 0.5) is 4.39 Å². The molecule has 6 nitrogen and oxygen atoms in total. The van der Waals surface area contributed by atoms with Crippen molar-refractivity contribution in [2.75, 3.05) is 0 Å². The first kappa shape index (κ1) is 19.4. The first-order valence-corrected chi connectivity index (χ1v) is 10.7. The Morgan fingerprint density at radius 3 is 2.71 bits per heavy atom. The van der Waals surface area contributed by atoms with Crippen molar-refractivity contribution in [3.63, 3.8) is 0 Å². The monoisotopic (exact) mass is 431 g/mol. The Hall–Kier alpha value is -3.52. The number of halogens is 1. The fourth-order valence-electron chi connectivity index (χ4n) is 3.55. The number of carbonyl (C=O) groups is 1. The third-order valence-electron chi connectivity index (χ3n) is 5.01. The second kappa shape index (κ2) is 7.96. The van der Waals surface area contributed by atoms with Gasteiger partial charge >= 0.3 is 0 Å². The summed E-state index contributed by atoms with van der Waals surface area (Å²) in [5, 5.41) is 11.0. The van der Waals surface area contributed by atoms with Gasteiger partial charge in [-0.05, 0) is 36.8 Å². The summed E-state index contributed by atoms with van der Waals surface area (Å²) in [7, 11) is 0. The van der Waals surface area contributed by atoms with E-state index in [1.807, 2.05) is 49.4 Å². The molecule has 3 aromatic rings. The molecule has 31 heavy (non-hydrogen) atoms. The summed E-state index contributed by atoms with van der Waals surface area (Å²) in [6.07, 6.45) is -0.570. The average molecular weight is 431 g/mol. The van der Waals surface area contributed by atoms with E-state index in [2.05, 4.69) is 15.4 Å². The van der Waals surface area contributed by atoms with E-state index >= 15 is 0 Å². The van der Waals surface area contributed by atoms with Gasteiger partial charge in [0.15, 0.2) is 11.3 Å². The van der Waals surface area contributed by atoms with Gasteiger partial charge in [0.1, 0.15) is 11.5 Å². The highest BCUT2D eigenvalue weighted by Gasteiger charge is 2.35. The van der Waals surface area contributed by atoms with E-state index in [1.54, 1.807) is 23.2 Å². The second-order valence-electron chi connectivity index (χ2n) is 7.16. The first-order valence-electron chi connectivity index (χ1n) is 9.76. The van der Waals surface area contributed by atoms with Gasteiger partial charge in [-0.15, -0.1) is 5.10 Å². The van der Waals surface area contributed by atoms with Gasteiger partial charge in [0, 0.05) is 16.7 Å². The highest BCUT2D eigenvalue weighted by Crippen LogP contribution is 2.30. The predicted octanol–water partition coefficient (Wildman–Crippen LogP) is 2.61. The van der Waals surface area contributed by atoms with Crippen LogP contribution in [-0.4, -0.2) is 21.1 Å². The molecular formula is C23H18FN5OS. The molecule has 0 fully saturated rings. The van der Waals surface area contributed by atoms with Gasteiger partial charge < -0.3 is 0 Å². The van der Waals surface area contributed by atoms with Crippen molar-refractivity contribution >= 4 is 28.5 Å². The van der Waals surface area contributed by atoms with E-state index in [-0.39, 0.29) is 11.7 Å². The summed E-state index contributed by atoms with van der Waals surface area (Å²) < 4.78 is 14.0. The van der Waals surface area contributed by atoms with Crippen molar-refractivity contribution in [1.82, 2.24) is 15.3 Å². The number of para-hydroxylation sites is 1. The molecule has 0 saturated heterocycles. The van der Waals surface area contributed by atoms with E-state index in [0.717, 1.165) is 11.1 Å². The smallest absolute Gasteiger partial charge is 0.276 e. The van der Waals surface area contributed by atoms with Crippen LogP contribution >= 0.6 is 11.8 Å². The highest BCUT2D eigenvalue weighted by molar-refractivity contribution is 8.13. The topological polar surface area (TPSA) is 70.0 Å². The zero-order chi connectivity index (χ0) is 21.4. The van der Waals surface area contributed by atoms with Crippen LogP contribution in [0.25, 0.3) is 5.70 Å². The molecular weight excluding hydrogens is 413 g/mol. The summed E-state index contributed by atoms with van der Waals surface area (Å²) >= 11 is 1.27. The zero-order valence-corrected chi connectivity index (χ0v) is 17.4. The van der Waals surface area contributed by atoms with Crippen molar-refractivity contribution in [3.05, 3.63) is 100 Å². The van der Waals surface area contributed by atoms with Crippen LogP contribution in [0.2, 0.25) is 0 Å². The molecule has 8 heteroatoms. The maximum absolute atomic E-state index is 14.0. The number of amidine groups is 1. The molecule has 0 bridgehead atoms. The number of aryl methyl sites for hydroxylation is 1. The molecule has 2 aliphatic rings. The molecule has 0 spiro atoms. The summed E-state index contributed by atoms with van der Waals surface area (Å²) in [5.41, 5.74) is 2.52. The fraction of sp³-hybridized carbons (Fsp3) is 0.130. The fourth-order valence-corrected chi connectivity index (χ4v) is 4.39. The van der Waals surface area contributed by atoms with Crippen LogP contribution in [0.1, 0.15) is 23.1 Å². The van der Waals surface area contributed by atoms with E-state index in [4.69, 9.17) is 4.99 Å². The number of thioether (sulfide) groups is 1. The Morgan fingerprint density at radius 2 is 1.87 bits per heavy atom. The average Bonchev–Trinajstić information content (AvgIpc) is 2.78. The summed E-state index contributed by atoms with van der Waals surface area (Å²) in [5.74, 6) is -0.212. The van der Waals surface area contributed by atoms with Gasteiger partial charge in [0.2, 0.25) is 0 Å².